The van der Waals surface area contributed by atoms with Crippen LogP contribution in [0.5, 0.6) is 5.75 Å². The van der Waals surface area contributed by atoms with E-state index in [9.17, 15) is 0 Å². The van der Waals surface area contributed by atoms with Crippen LogP contribution in [0, 0.1) is 0 Å². The van der Waals surface area contributed by atoms with Crippen molar-refractivity contribution in [3.63, 3.8) is 0 Å². The fraction of sp³-hybridized carbons (Fsp3) is 0. The molecule has 1 aromatic heterocycles. The van der Waals surface area contributed by atoms with Crippen LogP contribution < -0.4 is 15.1 Å². The molecule has 0 aliphatic carbocycles. The third-order valence-corrected chi connectivity index (χ3v) is 3.23. The fourth-order valence-corrected chi connectivity index (χ4v) is 2.38. The average molecular weight is 235 g/mol. The first-order chi connectivity index (χ1) is 8.93. The van der Waals surface area contributed by atoms with Crippen molar-refractivity contribution in [3.8, 4) is 17.0 Å². The highest BCUT2D eigenvalue weighted by Crippen LogP contribution is 2.27. The highest BCUT2D eigenvalue weighted by molar-refractivity contribution is 5.83. The first-order valence-corrected chi connectivity index (χ1v) is 5.89. The highest BCUT2D eigenvalue weighted by atomic mass is 16.7. The van der Waals surface area contributed by atoms with Crippen LogP contribution in [0.1, 0.15) is 0 Å². The van der Waals surface area contributed by atoms with E-state index in [1.165, 1.54) is 0 Å². The topological polar surface area (TPSA) is 25.1 Å². The number of rotatable bonds is 1. The minimum atomic E-state index is 0.866. The summed E-state index contributed by atoms with van der Waals surface area (Å²) in [4.78, 5) is 5.49. The van der Waals surface area contributed by atoms with E-state index in [-0.39, 0.29) is 0 Å². The number of para-hydroxylation sites is 1. The molecule has 0 atom stereocenters. The molecule has 18 heavy (non-hydrogen) atoms. The SMILES string of the molecule is c1ccc(-c2ccc3cccc4c3[n+]2NO4)cc1. The molecule has 2 aromatic carbocycles. The van der Waals surface area contributed by atoms with Crippen LogP contribution in [-0.4, -0.2) is 0 Å². The predicted octanol–water partition coefficient (Wildman–Crippen LogP) is 2.65. The van der Waals surface area contributed by atoms with Crippen LogP contribution in [0.2, 0.25) is 0 Å². The van der Waals surface area contributed by atoms with E-state index in [0.717, 1.165) is 27.9 Å². The Morgan fingerprint density at radius 1 is 0.833 bits per heavy atom. The third kappa shape index (κ3) is 1.21. The van der Waals surface area contributed by atoms with E-state index < -0.39 is 0 Å². The molecule has 4 rings (SSSR count). The minimum Gasteiger partial charge on any atom is -0.327 e. The van der Waals surface area contributed by atoms with Gasteiger partial charge in [0.2, 0.25) is 11.4 Å². The lowest BCUT2D eigenvalue weighted by Gasteiger charge is -1.99. The van der Waals surface area contributed by atoms with Gasteiger partial charge in [-0.3, -0.25) is 0 Å². The Balaban J connectivity index is 2.07. The highest BCUT2D eigenvalue weighted by Gasteiger charge is 2.27. The molecule has 2 heterocycles. The number of pyridine rings is 1. The van der Waals surface area contributed by atoms with E-state index in [0.29, 0.717) is 0 Å². The van der Waals surface area contributed by atoms with Gasteiger partial charge in [0.25, 0.3) is 5.52 Å². The smallest absolute Gasteiger partial charge is 0.291 e. The van der Waals surface area contributed by atoms with Crippen LogP contribution in [0.4, 0.5) is 0 Å². The summed E-state index contributed by atoms with van der Waals surface area (Å²) in [6.07, 6.45) is 0. The van der Waals surface area contributed by atoms with Gasteiger partial charge in [0.1, 0.15) is 0 Å². The van der Waals surface area contributed by atoms with Gasteiger partial charge in [0.05, 0.1) is 5.39 Å². The lowest BCUT2D eigenvalue weighted by molar-refractivity contribution is -0.626. The second-order valence-electron chi connectivity index (χ2n) is 4.31. The van der Waals surface area contributed by atoms with Crippen molar-refractivity contribution >= 4 is 10.9 Å². The molecule has 3 nitrogen and oxygen atoms in total. The van der Waals surface area contributed by atoms with Crippen LogP contribution in [-0.2, 0) is 0 Å². The molecule has 0 fully saturated rings. The lowest BCUT2D eigenvalue weighted by atomic mass is 10.1. The average Bonchev–Trinajstić information content (AvgIpc) is 2.87. The predicted molar refractivity (Wildman–Crippen MR) is 69.6 cm³/mol. The number of hydrogen-bond acceptors (Lipinski definition) is 2. The zero-order valence-electron chi connectivity index (χ0n) is 9.63. The zero-order valence-corrected chi connectivity index (χ0v) is 9.63. The molecule has 0 spiro atoms. The second kappa shape index (κ2) is 3.47. The van der Waals surface area contributed by atoms with Crippen molar-refractivity contribution in [2.45, 2.75) is 0 Å². The van der Waals surface area contributed by atoms with Crippen LogP contribution in [0.15, 0.2) is 60.7 Å². The summed E-state index contributed by atoms with van der Waals surface area (Å²) in [7, 11) is 0. The van der Waals surface area contributed by atoms with Crippen molar-refractivity contribution in [2.75, 3.05) is 5.59 Å². The molecule has 1 N–H and O–H groups in total. The summed E-state index contributed by atoms with van der Waals surface area (Å²) in [6.45, 7) is 0. The number of nitrogens with zero attached hydrogens (tertiary/aromatic N) is 1. The van der Waals surface area contributed by atoms with Crippen molar-refractivity contribution in [1.29, 1.82) is 0 Å². The second-order valence-corrected chi connectivity index (χ2v) is 4.31. The molecule has 3 aromatic rings. The van der Waals surface area contributed by atoms with Crippen molar-refractivity contribution in [2.24, 2.45) is 0 Å². The van der Waals surface area contributed by atoms with Gasteiger partial charge < -0.3 is 4.84 Å². The maximum Gasteiger partial charge on any atom is 0.291 e. The van der Waals surface area contributed by atoms with E-state index in [4.69, 9.17) is 4.84 Å². The Morgan fingerprint density at radius 2 is 1.72 bits per heavy atom. The molecule has 1 aliphatic rings. The zero-order chi connectivity index (χ0) is 11.9. The fourth-order valence-electron chi connectivity index (χ4n) is 2.38. The molecule has 0 unspecified atom stereocenters. The summed E-state index contributed by atoms with van der Waals surface area (Å²) in [5.74, 6) is 0.866. The van der Waals surface area contributed by atoms with E-state index in [2.05, 4.69) is 35.9 Å². The standard InChI is InChI=1S/C15H11N2O/c1-2-5-11(6-3-1)13-10-9-12-7-4-8-14-15(12)17(13)16-18-14/h1-10,16H/q+1. The van der Waals surface area contributed by atoms with Crippen molar-refractivity contribution < 1.29 is 9.51 Å². The third-order valence-electron chi connectivity index (χ3n) is 3.23. The molecule has 0 saturated carbocycles. The first kappa shape index (κ1) is 9.48. The Labute approximate surface area is 104 Å². The number of benzene rings is 2. The molecule has 0 radical (unpaired) electrons. The van der Waals surface area contributed by atoms with Gasteiger partial charge in [-0.2, -0.15) is 0 Å². The van der Waals surface area contributed by atoms with Gasteiger partial charge in [-0.25, -0.2) is 0 Å². The van der Waals surface area contributed by atoms with Gasteiger partial charge in [-0.05, 0) is 40.6 Å². The maximum atomic E-state index is 5.49. The normalized spacial score (nSPS) is 12.2. The molecule has 0 saturated heterocycles. The van der Waals surface area contributed by atoms with Gasteiger partial charge >= 0.3 is 0 Å². The van der Waals surface area contributed by atoms with Crippen LogP contribution in [0.25, 0.3) is 22.2 Å². The van der Waals surface area contributed by atoms with Gasteiger partial charge in [-0.15, -0.1) is 0 Å². The van der Waals surface area contributed by atoms with Crippen molar-refractivity contribution in [1.82, 2.24) is 0 Å². The molecule has 0 bridgehead atoms. The van der Waals surface area contributed by atoms with Gasteiger partial charge in [0.15, 0.2) is 0 Å². The van der Waals surface area contributed by atoms with E-state index in [1.54, 1.807) is 0 Å². The Kier molecular flexibility index (Phi) is 1.83. The number of hydrogen-bond donors (Lipinski definition) is 1. The Bertz CT molecular complexity index is 738. The lowest BCUT2D eigenvalue weighted by Crippen LogP contribution is -2.44. The van der Waals surface area contributed by atoms with Gasteiger partial charge in [-0.1, -0.05) is 24.3 Å². The summed E-state index contributed by atoms with van der Waals surface area (Å²) < 4.78 is 1.99. The molecule has 86 valence electrons. The largest absolute Gasteiger partial charge is 0.327 e. The quantitative estimate of drug-likeness (QED) is 0.656. The van der Waals surface area contributed by atoms with Crippen LogP contribution >= 0.6 is 0 Å². The van der Waals surface area contributed by atoms with Gasteiger partial charge in [0, 0.05) is 11.6 Å². The molecular formula is C15H11N2O+. The van der Waals surface area contributed by atoms with Crippen molar-refractivity contribution in [3.05, 3.63) is 60.7 Å². The Morgan fingerprint density at radius 3 is 2.61 bits per heavy atom. The summed E-state index contributed by atoms with van der Waals surface area (Å²) in [5.41, 5.74) is 6.29. The van der Waals surface area contributed by atoms with E-state index >= 15 is 0 Å². The maximum absolute atomic E-state index is 5.49. The summed E-state index contributed by atoms with van der Waals surface area (Å²) in [5, 5.41) is 1.16. The molecular weight excluding hydrogens is 224 g/mol. The number of aromatic nitrogens is 1. The summed E-state index contributed by atoms with van der Waals surface area (Å²) >= 11 is 0. The Hall–Kier alpha value is -2.55. The number of nitrogens with one attached hydrogen (secondary N) is 1. The van der Waals surface area contributed by atoms with E-state index in [1.807, 2.05) is 35.0 Å². The minimum absolute atomic E-state index is 0.866. The molecule has 1 aliphatic heterocycles. The summed E-state index contributed by atoms with van der Waals surface area (Å²) in [6, 6.07) is 20.5. The monoisotopic (exact) mass is 235 g/mol. The first-order valence-electron chi connectivity index (χ1n) is 5.89. The van der Waals surface area contributed by atoms with Crippen LogP contribution in [0.3, 0.4) is 0 Å². The molecule has 3 heteroatoms. The molecule has 0 amide bonds.